The molecule has 4 rings (SSSR count). The summed E-state index contributed by atoms with van der Waals surface area (Å²) in [4.78, 5) is 28.3. The molecule has 3 aromatic carbocycles. The van der Waals surface area contributed by atoms with E-state index in [1.807, 2.05) is 39.8 Å². The number of carbonyl (C=O) groups excluding carboxylic acids is 2. The van der Waals surface area contributed by atoms with Crippen LogP contribution in [0.4, 0.5) is 5.69 Å². The third-order valence-corrected chi connectivity index (χ3v) is 6.05. The number of aliphatic hydroxyl groups is 1. The first-order chi connectivity index (χ1) is 18.3. The number of hydrogen-bond acceptors (Lipinski definition) is 6. The molecule has 0 bridgehead atoms. The minimum atomic E-state index is -0.867. The first-order valence-electron chi connectivity index (χ1n) is 12.8. The largest absolute Gasteiger partial charge is 0.507 e. The van der Waals surface area contributed by atoms with Gasteiger partial charge in [0.2, 0.25) is 0 Å². The molecule has 3 aromatic rings. The minimum Gasteiger partial charge on any atom is -0.507 e. The van der Waals surface area contributed by atoms with Gasteiger partial charge in [0.05, 0.1) is 31.4 Å². The lowest BCUT2D eigenvalue weighted by atomic mass is 9.95. The van der Waals surface area contributed by atoms with Gasteiger partial charge in [0.25, 0.3) is 11.7 Å². The van der Waals surface area contributed by atoms with Crippen molar-refractivity contribution in [1.82, 2.24) is 0 Å². The maximum absolute atomic E-state index is 13.5. The second kappa shape index (κ2) is 11.9. The van der Waals surface area contributed by atoms with Gasteiger partial charge in [-0.25, -0.2) is 0 Å². The molecular formula is C31H33NO6. The van der Waals surface area contributed by atoms with Gasteiger partial charge in [-0.2, -0.15) is 0 Å². The van der Waals surface area contributed by atoms with Gasteiger partial charge >= 0.3 is 0 Å². The molecule has 0 radical (unpaired) electrons. The van der Waals surface area contributed by atoms with E-state index in [0.717, 1.165) is 0 Å². The summed E-state index contributed by atoms with van der Waals surface area (Å²) in [5.74, 6) is 0.389. The Morgan fingerprint density at radius 2 is 1.47 bits per heavy atom. The third kappa shape index (κ3) is 5.67. The van der Waals surface area contributed by atoms with Crippen molar-refractivity contribution in [2.75, 3.05) is 24.7 Å². The highest BCUT2D eigenvalue weighted by Crippen LogP contribution is 2.43. The zero-order valence-corrected chi connectivity index (χ0v) is 22.1. The predicted molar refractivity (Wildman–Crippen MR) is 147 cm³/mol. The van der Waals surface area contributed by atoms with Gasteiger partial charge in [0.1, 0.15) is 23.0 Å². The summed E-state index contributed by atoms with van der Waals surface area (Å²) in [6.07, 6.45) is 0. The summed E-state index contributed by atoms with van der Waals surface area (Å²) >= 11 is 0. The molecule has 0 aliphatic carbocycles. The van der Waals surface area contributed by atoms with E-state index < -0.39 is 17.7 Å². The third-order valence-electron chi connectivity index (χ3n) is 6.05. The monoisotopic (exact) mass is 515 g/mol. The maximum Gasteiger partial charge on any atom is 0.300 e. The highest BCUT2D eigenvalue weighted by atomic mass is 16.5. The molecule has 1 aliphatic heterocycles. The number of Topliss-reactive ketones (excluding diaryl/α,β-unsaturated/α-hetero) is 1. The molecule has 1 saturated heterocycles. The van der Waals surface area contributed by atoms with Crippen LogP contribution in [-0.2, 0) is 9.59 Å². The van der Waals surface area contributed by atoms with Crippen molar-refractivity contribution < 1.29 is 28.9 Å². The average Bonchev–Trinajstić information content (AvgIpc) is 3.18. The molecule has 0 saturated carbocycles. The van der Waals surface area contributed by atoms with E-state index in [4.69, 9.17) is 14.2 Å². The number of ether oxygens (including phenoxy) is 3. The molecule has 1 fully saturated rings. The Bertz CT molecular complexity index is 1330. The van der Waals surface area contributed by atoms with Gasteiger partial charge in [0.15, 0.2) is 0 Å². The molecule has 7 nitrogen and oxygen atoms in total. The molecule has 38 heavy (non-hydrogen) atoms. The highest BCUT2D eigenvalue weighted by Gasteiger charge is 2.47. The van der Waals surface area contributed by atoms with Gasteiger partial charge < -0.3 is 19.3 Å². The molecule has 0 spiro atoms. The fourth-order valence-corrected chi connectivity index (χ4v) is 4.38. The summed E-state index contributed by atoms with van der Waals surface area (Å²) in [6.45, 7) is 9.34. The van der Waals surface area contributed by atoms with Crippen LogP contribution in [0.1, 0.15) is 44.9 Å². The first kappa shape index (κ1) is 26.8. The number of benzene rings is 3. The van der Waals surface area contributed by atoms with Crippen LogP contribution in [0.5, 0.6) is 17.2 Å². The van der Waals surface area contributed by atoms with E-state index in [1.54, 1.807) is 60.7 Å². The summed E-state index contributed by atoms with van der Waals surface area (Å²) in [7, 11) is 0. The number of nitrogens with zero attached hydrogens (tertiary/aromatic N) is 1. The van der Waals surface area contributed by atoms with E-state index in [0.29, 0.717) is 59.8 Å². The van der Waals surface area contributed by atoms with Crippen molar-refractivity contribution in [1.29, 1.82) is 0 Å². The predicted octanol–water partition coefficient (Wildman–Crippen LogP) is 6.15. The zero-order chi connectivity index (χ0) is 27.2. The smallest absolute Gasteiger partial charge is 0.300 e. The van der Waals surface area contributed by atoms with Crippen LogP contribution in [0.15, 0.2) is 78.4 Å². The van der Waals surface area contributed by atoms with Gasteiger partial charge in [-0.05, 0) is 73.9 Å². The molecule has 1 unspecified atom stereocenters. The van der Waals surface area contributed by atoms with E-state index in [2.05, 4.69) is 0 Å². The average molecular weight is 516 g/mol. The molecule has 198 valence electrons. The number of amides is 1. The van der Waals surface area contributed by atoms with Crippen LogP contribution in [-0.4, -0.2) is 36.6 Å². The summed E-state index contributed by atoms with van der Waals surface area (Å²) < 4.78 is 17.0. The maximum atomic E-state index is 13.5. The van der Waals surface area contributed by atoms with Crippen molar-refractivity contribution in [2.24, 2.45) is 5.92 Å². The SMILES string of the molecule is CCOc1ccc(N2C(=O)C(=O)/C(=C(\O)c3cccc(OCC(C)C)c3)C2c2cccc(OCC)c2)cc1. The van der Waals surface area contributed by atoms with Gasteiger partial charge in [-0.3, -0.25) is 14.5 Å². The van der Waals surface area contributed by atoms with Crippen molar-refractivity contribution in [3.63, 3.8) is 0 Å². The summed E-state index contributed by atoms with van der Waals surface area (Å²) in [6, 6.07) is 20.2. The van der Waals surface area contributed by atoms with E-state index in [1.165, 1.54) is 4.90 Å². The highest BCUT2D eigenvalue weighted by molar-refractivity contribution is 6.51. The fraction of sp³-hybridized carbons (Fsp3) is 0.290. The van der Waals surface area contributed by atoms with Crippen LogP contribution in [0.25, 0.3) is 5.76 Å². The van der Waals surface area contributed by atoms with Gasteiger partial charge in [0, 0.05) is 11.3 Å². The number of anilines is 1. The molecule has 1 aliphatic rings. The lowest BCUT2D eigenvalue weighted by Gasteiger charge is -2.26. The Balaban J connectivity index is 1.85. The Morgan fingerprint density at radius 1 is 0.842 bits per heavy atom. The van der Waals surface area contributed by atoms with Crippen LogP contribution in [0.3, 0.4) is 0 Å². The molecule has 1 amide bonds. The standard InChI is InChI=1S/C31H33NO6/c1-5-36-24-15-13-23(14-16-24)32-28(21-9-7-11-25(17-21)37-6-2)27(30(34)31(32)35)29(33)22-10-8-12-26(18-22)38-19-20(3)4/h7-18,20,28,33H,5-6,19H2,1-4H3/b29-27-. The minimum absolute atomic E-state index is 0.00135. The van der Waals surface area contributed by atoms with Crippen molar-refractivity contribution in [2.45, 2.75) is 33.7 Å². The Hall–Kier alpha value is -4.26. The van der Waals surface area contributed by atoms with Crippen LogP contribution in [0, 0.1) is 5.92 Å². The number of ketones is 1. The lowest BCUT2D eigenvalue weighted by molar-refractivity contribution is -0.132. The second-order valence-corrected chi connectivity index (χ2v) is 9.33. The first-order valence-corrected chi connectivity index (χ1v) is 12.8. The van der Waals surface area contributed by atoms with Crippen molar-refractivity contribution >= 4 is 23.1 Å². The topological polar surface area (TPSA) is 85.3 Å². The molecule has 7 heteroatoms. The normalized spacial score (nSPS) is 16.7. The molecule has 1 heterocycles. The number of rotatable bonds is 10. The number of hydrogen-bond donors (Lipinski definition) is 1. The zero-order valence-electron chi connectivity index (χ0n) is 22.1. The second-order valence-electron chi connectivity index (χ2n) is 9.33. The van der Waals surface area contributed by atoms with Crippen LogP contribution < -0.4 is 19.1 Å². The van der Waals surface area contributed by atoms with E-state index in [-0.39, 0.29) is 11.3 Å². The Labute approximate surface area is 223 Å². The quantitative estimate of drug-likeness (QED) is 0.198. The Kier molecular flexibility index (Phi) is 8.36. The van der Waals surface area contributed by atoms with E-state index >= 15 is 0 Å². The summed E-state index contributed by atoms with van der Waals surface area (Å²) in [5, 5.41) is 11.5. The number of aliphatic hydroxyl groups excluding tert-OH is 1. The Morgan fingerprint density at radius 3 is 2.13 bits per heavy atom. The van der Waals surface area contributed by atoms with Gasteiger partial charge in [-0.15, -0.1) is 0 Å². The number of carbonyl (C=O) groups is 2. The molecule has 1 N–H and O–H groups in total. The fourth-order valence-electron chi connectivity index (χ4n) is 4.38. The van der Waals surface area contributed by atoms with E-state index in [9.17, 15) is 14.7 Å². The lowest BCUT2D eigenvalue weighted by Crippen LogP contribution is -2.29. The van der Waals surface area contributed by atoms with Crippen molar-refractivity contribution in [3.05, 3.63) is 89.5 Å². The van der Waals surface area contributed by atoms with Crippen LogP contribution >= 0.6 is 0 Å². The van der Waals surface area contributed by atoms with Crippen LogP contribution in [0.2, 0.25) is 0 Å². The summed E-state index contributed by atoms with van der Waals surface area (Å²) in [5.41, 5.74) is 1.54. The van der Waals surface area contributed by atoms with Gasteiger partial charge in [-0.1, -0.05) is 38.1 Å². The molecule has 1 atom stereocenters. The molecule has 0 aromatic heterocycles. The molecular weight excluding hydrogens is 482 g/mol. The van der Waals surface area contributed by atoms with Crippen molar-refractivity contribution in [3.8, 4) is 17.2 Å².